The van der Waals surface area contributed by atoms with Gasteiger partial charge in [0, 0.05) is 29.2 Å². The Balaban J connectivity index is 2.29. The van der Waals surface area contributed by atoms with Crippen LogP contribution in [-0.4, -0.2) is 22.4 Å². The molecule has 1 amide bonds. The molecule has 0 unspecified atom stereocenters. The van der Waals surface area contributed by atoms with Gasteiger partial charge in [-0.3, -0.25) is 14.9 Å². The number of thiazole rings is 1. The van der Waals surface area contributed by atoms with Crippen molar-refractivity contribution in [2.24, 2.45) is 0 Å². The summed E-state index contributed by atoms with van der Waals surface area (Å²) in [5.74, 6) is -0.371. The van der Waals surface area contributed by atoms with E-state index in [9.17, 15) is 14.9 Å². The lowest BCUT2D eigenvalue weighted by Gasteiger charge is -2.05. The molecule has 22 heavy (non-hydrogen) atoms. The Hall–Kier alpha value is -2.19. The van der Waals surface area contributed by atoms with Crippen molar-refractivity contribution >= 4 is 34.7 Å². The first-order valence-corrected chi connectivity index (χ1v) is 7.98. The molecule has 0 spiro atoms. The normalized spacial score (nSPS) is 10.2. The summed E-state index contributed by atoms with van der Waals surface area (Å²) in [4.78, 5) is 27.3. The van der Waals surface area contributed by atoms with Crippen LogP contribution in [0.1, 0.15) is 16.1 Å². The minimum absolute atomic E-state index is 0.107. The summed E-state index contributed by atoms with van der Waals surface area (Å²) in [5.41, 5.74) is 1.01. The maximum atomic E-state index is 11.9. The Morgan fingerprint density at radius 3 is 2.95 bits per heavy atom. The lowest BCUT2D eigenvalue weighted by molar-refractivity contribution is -0.387. The van der Waals surface area contributed by atoms with E-state index < -0.39 is 4.92 Å². The molecule has 0 saturated heterocycles. The number of benzene rings is 1. The first-order valence-electron chi connectivity index (χ1n) is 6.28. The van der Waals surface area contributed by atoms with Crippen LogP contribution in [0.2, 0.25) is 0 Å². The minimum Gasteiger partial charge on any atom is -0.349 e. The zero-order valence-corrected chi connectivity index (χ0v) is 13.4. The summed E-state index contributed by atoms with van der Waals surface area (Å²) in [6.07, 6.45) is 1.54. The van der Waals surface area contributed by atoms with Crippen molar-refractivity contribution in [2.75, 3.05) is 6.54 Å². The number of aryl methyl sites for hydroxylation is 1. The van der Waals surface area contributed by atoms with Crippen molar-refractivity contribution in [3.05, 3.63) is 57.6 Å². The number of hydrogen-bond donors (Lipinski definition) is 1. The third-order valence-corrected chi connectivity index (χ3v) is 4.74. The molecule has 0 saturated carbocycles. The number of nitrogens with one attached hydrogen (secondary N) is 1. The van der Waals surface area contributed by atoms with E-state index in [1.807, 2.05) is 12.3 Å². The molecule has 1 N–H and O–H groups in total. The minimum atomic E-state index is -0.493. The van der Waals surface area contributed by atoms with Crippen LogP contribution in [0.25, 0.3) is 0 Å². The molecule has 1 heterocycles. The van der Waals surface area contributed by atoms with E-state index in [0.717, 1.165) is 10.0 Å². The topological polar surface area (TPSA) is 85.1 Å². The van der Waals surface area contributed by atoms with Crippen LogP contribution >= 0.6 is 23.1 Å². The van der Waals surface area contributed by atoms with Crippen molar-refractivity contribution in [1.29, 1.82) is 0 Å². The van der Waals surface area contributed by atoms with Gasteiger partial charge in [-0.15, -0.1) is 17.9 Å². The van der Waals surface area contributed by atoms with Crippen molar-refractivity contribution in [1.82, 2.24) is 10.3 Å². The molecule has 0 atom stereocenters. The zero-order valence-electron chi connectivity index (χ0n) is 11.7. The van der Waals surface area contributed by atoms with Crippen LogP contribution in [0, 0.1) is 17.0 Å². The number of carbonyl (C=O) groups is 1. The molecule has 1 aromatic heterocycles. The van der Waals surface area contributed by atoms with Gasteiger partial charge in [-0.25, -0.2) is 4.98 Å². The van der Waals surface area contributed by atoms with Gasteiger partial charge in [0.2, 0.25) is 0 Å². The number of amides is 1. The molecule has 1 aromatic carbocycles. The molecule has 2 rings (SSSR count). The number of aromatic nitrogens is 1. The van der Waals surface area contributed by atoms with E-state index in [-0.39, 0.29) is 17.2 Å². The Morgan fingerprint density at radius 2 is 2.36 bits per heavy atom. The van der Waals surface area contributed by atoms with Crippen molar-refractivity contribution in [3.63, 3.8) is 0 Å². The third kappa shape index (κ3) is 3.92. The first-order chi connectivity index (χ1) is 10.5. The fraction of sp³-hybridized carbons (Fsp3) is 0.143. The quantitative estimate of drug-likeness (QED) is 0.496. The molecular weight excluding hydrogens is 322 g/mol. The molecule has 0 radical (unpaired) electrons. The van der Waals surface area contributed by atoms with Gasteiger partial charge in [0.15, 0.2) is 4.34 Å². The van der Waals surface area contributed by atoms with Gasteiger partial charge >= 0.3 is 0 Å². The van der Waals surface area contributed by atoms with Gasteiger partial charge in [-0.1, -0.05) is 17.8 Å². The lowest BCUT2D eigenvalue weighted by atomic mass is 10.2. The second kappa shape index (κ2) is 7.19. The second-order valence-electron chi connectivity index (χ2n) is 4.30. The molecule has 0 aliphatic heterocycles. The number of nitro groups is 1. The highest BCUT2D eigenvalue weighted by atomic mass is 32.2. The summed E-state index contributed by atoms with van der Waals surface area (Å²) >= 11 is 2.64. The van der Waals surface area contributed by atoms with Gasteiger partial charge in [0.25, 0.3) is 11.6 Å². The highest BCUT2D eigenvalue weighted by Gasteiger charge is 2.19. The number of nitro benzene ring substituents is 1. The summed E-state index contributed by atoms with van der Waals surface area (Å²) in [5, 5.41) is 15.7. The number of hydrogen-bond acceptors (Lipinski definition) is 6. The number of rotatable bonds is 6. The highest BCUT2D eigenvalue weighted by molar-refractivity contribution is 8.01. The Kier molecular flexibility index (Phi) is 5.29. The maximum absolute atomic E-state index is 11.9. The molecule has 0 aliphatic rings. The Bertz CT molecular complexity index is 728. The van der Waals surface area contributed by atoms with Crippen LogP contribution in [0.4, 0.5) is 5.69 Å². The molecule has 2 aromatic rings. The molecule has 0 bridgehead atoms. The van der Waals surface area contributed by atoms with Crippen LogP contribution in [-0.2, 0) is 0 Å². The fourth-order valence-electron chi connectivity index (χ4n) is 1.63. The Morgan fingerprint density at radius 1 is 1.59 bits per heavy atom. The second-order valence-corrected chi connectivity index (χ2v) is 6.44. The summed E-state index contributed by atoms with van der Waals surface area (Å²) in [6.45, 7) is 5.67. The smallest absolute Gasteiger partial charge is 0.284 e. The monoisotopic (exact) mass is 335 g/mol. The van der Waals surface area contributed by atoms with Gasteiger partial charge in [0.1, 0.15) is 0 Å². The summed E-state index contributed by atoms with van der Waals surface area (Å²) in [6, 6.07) is 4.41. The molecule has 0 fully saturated rings. The third-order valence-electron chi connectivity index (χ3n) is 2.62. The van der Waals surface area contributed by atoms with E-state index in [4.69, 9.17) is 0 Å². The molecule has 8 heteroatoms. The maximum Gasteiger partial charge on any atom is 0.284 e. The Labute approximate surface area is 135 Å². The van der Waals surface area contributed by atoms with Crippen LogP contribution in [0.3, 0.4) is 0 Å². The van der Waals surface area contributed by atoms with Crippen LogP contribution in [0.15, 0.2) is 45.5 Å². The van der Waals surface area contributed by atoms with E-state index >= 15 is 0 Å². The molecule has 0 aliphatic carbocycles. The standard InChI is InChI=1S/C14H13N3O3S2/c1-3-6-15-13(18)10-4-5-12(11(7-10)17(19)20)22-14-16-9(2)8-21-14/h3-5,7-8H,1,6H2,2H3,(H,15,18). The van der Waals surface area contributed by atoms with Gasteiger partial charge in [-0.2, -0.15) is 0 Å². The lowest BCUT2D eigenvalue weighted by Crippen LogP contribution is -2.23. The van der Waals surface area contributed by atoms with E-state index in [1.165, 1.54) is 29.2 Å². The van der Waals surface area contributed by atoms with Crippen molar-refractivity contribution in [3.8, 4) is 0 Å². The van der Waals surface area contributed by atoms with Gasteiger partial charge < -0.3 is 5.32 Å². The van der Waals surface area contributed by atoms with Crippen LogP contribution < -0.4 is 5.32 Å². The predicted molar refractivity (Wildman–Crippen MR) is 86.6 cm³/mol. The predicted octanol–water partition coefficient (Wildman–Crippen LogP) is 3.43. The van der Waals surface area contributed by atoms with Crippen molar-refractivity contribution in [2.45, 2.75) is 16.2 Å². The molecular formula is C14H13N3O3S2. The van der Waals surface area contributed by atoms with E-state index in [1.54, 1.807) is 18.2 Å². The van der Waals surface area contributed by atoms with E-state index in [2.05, 4.69) is 16.9 Å². The SMILES string of the molecule is C=CCNC(=O)c1ccc(Sc2nc(C)cs2)c([N+](=O)[O-])c1. The molecule has 6 nitrogen and oxygen atoms in total. The summed E-state index contributed by atoms with van der Waals surface area (Å²) in [7, 11) is 0. The van der Waals surface area contributed by atoms with E-state index in [0.29, 0.717) is 11.4 Å². The van der Waals surface area contributed by atoms with Gasteiger partial charge in [-0.05, 0) is 19.1 Å². The molecule has 114 valence electrons. The average Bonchev–Trinajstić information content (AvgIpc) is 2.90. The number of nitrogens with zero attached hydrogens (tertiary/aromatic N) is 2. The van der Waals surface area contributed by atoms with Gasteiger partial charge in [0.05, 0.1) is 9.82 Å². The fourth-order valence-corrected chi connectivity index (χ4v) is 3.51. The number of carbonyl (C=O) groups excluding carboxylic acids is 1. The van der Waals surface area contributed by atoms with Crippen LogP contribution in [0.5, 0.6) is 0 Å². The first kappa shape index (κ1) is 16.2. The van der Waals surface area contributed by atoms with Crippen molar-refractivity contribution < 1.29 is 9.72 Å². The summed E-state index contributed by atoms with van der Waals surface area (Å²) < 4.78 is 0.726. The largest absolute Gasteiger partial charge is 0.349 e. The highest BCUT2D eigenvalue weighted by Crippen LogP contribution is 2.36. The average molecular weight is 335 g/mol. The zero-order chi connectivity index (χ0) is 16.1.